The van der Waals surface area contributed by atoms with E-state index < -0.39 is 28.9 Å². The van der Waals surface area contributed by atoms with Gasteiger partial charge in [0.05, 0.1) is 22.9 Å². The number of nitrogens with one attached hydrogen (secondary N) is 1. The van der Waals surface area contributed by atoms with Crippen molar-refractivity contribution >= 4 is 28.8 Å². The van der Waals surface area contributed by atoms with Crippen molar-refractivity contribution < 1.29 is 19.1 Å². The average Bonchev–Trinajstić information content (AvgIpc) is 3.24. The van der Waals surface area contributed by atoms with Gasteiger partial charge in [0.2, 0.25) is 0 Å². The number of aromatic nitrogens is 2. The molecule has 0 saturated heterocycles. The van der Waals surface area contributed by atoms with Gasteiger partial charge in [-0.25, -0.2) is 9.59 Å². The van der Waals surface area contributed by atoms with E-state index >= 15 is 0 Å². The molecule has 1 N–H and O–H groups in total. The van der Waals surface area contributed by atoms with Crippen LogP contribution in [-0.4, -0.2) is 47.3 Å². The van der Waals surface area contributed by atoms with Crippen molar-refractivity contribution in [1.29, 1.82) is 0 Å². The number of alkyl carbamates (subject to hydrolysis) is 1. The van der Waals surface area contributed by atoms with Gasteiger partial charge >= 0.3 is 12.2 Å². The molecule has 0 saturated carbocycles. The molecule has 0 fully saturated rings. The summed E-state index contributed by atoms with van der Waals surface area (Å²) in [4.78, 5) is 27.4. The monoisotopic (exact) mass is 522 g/mol. The Labute approximate surface area is 226 Å². The van der Waals surface area contributed by atoms with Crippen LogP contribution in [0.15, 0.2) is 42.6 Å². The Morgan fingerprint density at radius 3 is 1.97 bits per heavy atom. The third-order valence-corrected chi connectivity index (χ3v) is 6.43. The van der Waals surface area contributed by atoms with Gasteiger partial charge in [-0.2, -0.15) is 9.78 Å². The van der Waals surface area contributed by atoms with Crippen molar-refractivity contribution in [2.24, 2.45) is 0 Å². The van der Waals surface area contributed by atoms with E-state index in [-0.39, 0.29) is 0 Å². The molecular weight excluding hydrogens is 480 g/mol. The van der Waals surface area contributed by atoms with Crippen LogP contribution >= 0.6 is 0 Å². The van der Waals surface area contributed by atoms with Crippen molar-refractivity contribution in [2.75, 3.05) is 19.0 Å². The number of fused-ring (bicyclic) bond motifs is 1. The van der Waals surface area contributed by atoms with Crippen LogP contribution in [0.5, 0.6) is 0 Å². The smallest absolute Gasteiger partial charge is 0.435 e. The van der Waals surface area contributed by atoms with Crippen molar-refractivity contribution in [2.45, 2.75) is 85.0 Å². The Hall–Kier alpha value is -3.55. The highest BCUT2D eigenvalue weighted by Gasteiger charge is 2.32. The molecule has 0 aliphatic heterocycles. The van der Waals surface area contributed by atoms with E-state index in [1.807, 2.05) is 72.7 Å². The molecule has 0 atom stereocenters. The lowest BCUT2D eigenvalue weighted by molar-refractivity contribution is 0.0442. The number of benzene rings is 2. The first-order valence-corrected chi connectivity index (χ1v) is 13.1. The molecule has 1 aromatic heterocycles. The van der Waals surface area contributed by atoms with Crippen LogP contribution < -0.4 is 10.2 Å². The second-order valence-electron chi connectivity index (χ2n) is 11.8. The molecule has 0 aliphatic rings. The molecule has 1 heterocycles. The Balaban J connectivity index is 2.01. The Morgan fingerprint density at radius 2 is 1.47 bits per heavy atom. The fraction of sp³-hybridized carbons (Fsp3) is 0.500. The molecule has 3 rings (SSSR count). The number of carbonyl (C=O) groups is 2. The fourth-order valence-corrected chi connectivity index (χ4v) is 4.63. The molecular formula is C30H42N4O4. The quantitative estimate of drug-likeness (QED) is 0.372. The van der Waals surface area contributed by atoms with Crippen molar-refractivity contribution in [3.8, 4) is 11.1 Å². The first-order chi connectivity index (χ1) is 17.6. The summed E-state index contributed by atoms with van der Waals surface area (Å²) in [5.41, 5.74) is 2.95. The predicted molar refractivity (Wildman–Crippen MR) is 153 cm³/mol. The van der Waals surface area contributed by atoms with Crippen LogP contribution in [-0.2, 0) is 15.0 Å². The Kier molecular flexibility index (Phi) is 8.15. The van der Waals surface area contributed by atoms with Gasteiger partial charge in [-0.3, -0.25) is 0 Å². The molecule has 3 aromatic rings. The Bertz CT molecular complexity index is 1290. The van der Waals surface area contributed by atoms with Gasteiger partial charge < -0.3 is 19.7 Å². The van der Waals surface area contributed by atoms with Gasteiger partial charge in [0.15, 0.2) is 0 Å². The maximum absolute atomic E-state index is 12.7. The summed E-state index contributed by atoms with van der Waals surface area (Å²) in [5, 5.41) is 8.32. The zero-order valence-electron chi connectivity index (χ0n) is 24.4. The van der Waals surface area contributed by atoms with E-state index in [0.29, 0.717) is 5.52 Å². The molecule has 0 aliphatic carbocycles. The second-order valence-corrected chi connectivity index (χ2v) is 11.8. The maximum atomic E-state index is 12.7. The number of ether oxygens (including phenoxy) is 2. The summed E-state index contributed by atoms with van der Waals surface area (Å²) >= 11 is 0. The predicted octanol–water partition coefficient (Wildman–Crippen LogP) is 7.09. The summed E-state index contributed by atoms with van der Waals surface area (Å²) in [6, 6.07) is 12.2. The van der Waals surface area contributed by atoms with Gasteiger partial charge in [-0.05, 0) is 71.6 Å². The lowest BCUT2D eigenvalue weighted by Gasteiger charge is -2.34. The van der Waals surface area contributed by atoms with Gasteiger partial charge in [0, 0.05) is 25.0 Å². The van der Waals surface area contributed by atoms with Crippen molar-refractivity contribution in [3.05, 3.63) is 48.2 Å². The average molecular weight is 523 g/mol. The molecule has 2 aromatic carbocycles. The third-order valence-electron chi connectivity index (χ3n) is 6.43. The van der Waals surface area contributed by atoms with Crippen LogP contribution in [0, 0.1) is 0 Å². The summed E-state index contributed by atoms with van der Waals surface area (Å²) in [6.45, 7) is 15.2. The van der Waals surface area contributed by atoms with E-state index in [4.69, 9.17) is 9.47 Å². The van der Waals surface area contributed by atoms with Crippen LogP contribution in [0.3, 0.4) is 0 Å². The van der Waals surface area contributed by atoms with E-state index in [9.17, 15) is 9.59 Å². The first-order valence-electron chi connectivity index (χ1n) is 13.1. The SMILES string of the molecule is CCC(CC)(NC(=O)OC(C)(C)C)c1ccc(-c2ccc3c(cnn3C(=O)OC(C)(C)C)c2N(C)C)cc1. The molecule has 1 amide bonds. The summed E-state index contributed by atoms with van der Waals surface area (Å²) < 4.78 is 12.4. The lowest BCUT2D eigenvalue weighted by atomic mass is 9.84. The van der Waals surface area contributed by atoms with Gasteiger partial charge in [0.1, 0.15) is 11.2 Å². The topological polar surface area (TPSA) is 85.7 Å². The number of nitrogens with zero attached hydrogens (tertiary/aromatic N) is 3. The molecule has 8 nitrogen and oxygen atoms in total. The third kappa shape index (κ3) is 6.29. The molecule has 38 heavy (non-hydrogen) atoms. The summed E-state index contributed by atoms with van der Waals surface area (Å²) in [6.07, 6.45) is 2.22. The molecule has 0 unspecified atom stereocenters. The van der Waals surface area contributed by atoms with Crippen LogP contribution in [0.25, 0.3) is 22.0 Å². The van der Waals surface area contributed by atoms with Crippen molar-refractivity contribution in [1.82, 2.24) is 15.1 Å². The highest BCUT2D eigenvalue weighted by molar-refractivity contribution is 6.02. The largest absolute Gasteiger partial charge is 0.444 e. The molecule has 8 heteroatoms. The Morgan fingerprint density at radius 1 is 0.895 bits per heavy atom. The second kappa shape index (κ2) is 10.7. The molecule has 0 bridgehead atoms. The van der Waals surface area contributed by atoms with Gasteiger partial charge in [0.25, 0.3) is 0 Å². The lowest BCUT2D eigenvalue weighted by Crippen LogP contribution is -2.47. The zero-order valence-corrected chi connectivity index (χ0v) is 24.4. The van der Waals surface area contributed by atoms with Gasteiger partial charge in [-0.15, -0.1) is 0 Å². The van der Waals surface area contributed by atoms with Crippen LogP contribution in [0.4, 0.5) is 15.3 Å². The fourth-order valence-electron chi connectivity index (χ4n) is 4.63. The maximum Gasteiger partial charge on any atom is 0.435 e. The molecule has 206 valence electrons. The minimum Gasteiger partial charge on any atom is -0.444 e. The standard InChI is InChI=1S/C30H42N4O4/c1-11-30(12-2,32-26(35)37-28(3,4)5)21-15-13-20(14-16-21)22-17-18-24-23(25(22)33(9)10)19-31-34(24)27(36)38-29(6,7)8/h13-19H,11-12H2,1-10H3,(H,32,35). The number of carbonyl (C=O) groups excluding carboxylic acids is 2. The highest BCUT2D eigenvalue weighted by Crippen LogP contribution is 2.38. The molecule has 0 radical (unpaired) electrons. The number of anilines is 1. The minimum absolute atomic E-state index is 0.423. The number of rotatable bonds is 6. The van der Waals surface area contributed by atoms with Crippen LogP contribution in [0.1, 0.15) is 73.8 Å². The van der Waals surface area contributed by atoms with E-state index in [2.05, 4.69) is 48.5 Å². The summed E-state index contributed by atoms with van der Waals surface area (Å²) in [7, 11) is 3.95. The molecule has 0 spiro atoms. The normalized spacial score (nSPS) is 12.4. The van der Waals surface area contributed by atoms with Crippen molar-refractivity contribution in [3.63, 3.8) is 0 Å². The van der Waals surface area contributed by atoms with E-state index in [0.717, 1.165) is 40.6 Å². The number of amides is 1. The van der Waals surface area contributed by atoms with Gasteiger partial charge in [-0.1, -0.05) is 44.2 Å². The van der Waals surface area contributed by atoms with E-state index in [1.54, 1.807) is 6.20 Å². The highest BCUT2D eigenvalue weighted by atomic mass is 16.6. The summed E-state index contributed by atoms with van der Waals surface area (Å²) in [5.74, 6) is 0. The number of hydrogen-bond acceptors (Lipinski definition) is 6. The van der Waals surface area contributed by atoms with E-state index in [1.165, 1.54) is 4.68 Å². The number of hydrogen-bond donors (Lipinski definition) is 1. The minimum atomic E-state index is -0.619. The zero-order chi connectivity index (χ0) is 28.5. The first kappa shape index (κ1) is 29.0. The van der Waals surface area contributed by atoms with Crippen LogP contribution in [0.2, 0.25) is 0 Å².